The van der Waals surface area contributed by atoms with Gasteiger partial charge in [0.05, 0.1) is 5.69 Å². The molecule has 8 aromatic rings. The lowest BCUT2D eigenvalue weighted by Crippen LogP contribution is -2.19. The molecular weight excluding hydrogens is 673 g/mol. The average molecular weight is 719 g/mol. The van der Waals surface area contributed by atoms with Gasteiger partial charge in [-0.05, 0) is 114 Å². The van der Waals surface area contributed by atoms with Crippen molar-refractivity contribution in [1.29, 1.82) is 0 Å². The van der Waals surface area contributed by atoms with Gasteiger partial charge in [-0.25, -0.2) is 0 Å². The molecule has 0 atom stereocenters. The average Bonchev–Trinajstić information content (AvgIpc) is 3.62. The first-order valence-corrected chi connectivity index (χ1v) is 20.3. The molecular formula is C51H46N2S. The van der Waals surface area contributed by atoms with Gasteiger partial charge in [0.25, 0.3) is 0 Å². The van der Waals surface area contributed by atoms with E-state index in [0.29, 0.717) is 5.92 Å². The highest BCUT2D eigenvalue weighted by Gasteiger charge is 2.25. The topological polar surface area (TPSA) is 6.48 Å². The minimum atomic E-state index is -0.197. The van der Waals surface area contributed by atoms with Gasteiger partial charge in [-0.15, -0.1) is 11.3 Å². The Bertz CT molecular complexity index is 2440. The number of fused-ring (bicyclic) bond motifs is 3. The Balaban J connectivity index is 1.07. The summed E-state index contributed by atoms with van der Waals surface area (Å²) in [6, 6.07) is 64.7. The van der Waals surface area contributed by atoms with Crippen molar-refractivity contribution in [3.63, 3.8) is 0 Å². The second-order valence-corrected chi connectivity index (χ2v) is 16.3. The second kappa shape index (κ2) is 14.6. The van der Waals surface area contributed by atoms with Crippen LogP contribution in [-0.2, 0) is 5.41 Å². The van der Waals surface area contributed by atoms with Crippen LogP contribution in [0.2, 0.25) is 0 Å². The molecule has 1 fully saturated rings. The summed E-state index contributed by atoms with van der Waals surface area (Å²) in [5.74, 6) is 0.681. The molecule has 3 heteroatoms. The molecule has 0 N–H and O–H groups in total. The van der Waals surface area contributed by atoms with E-state index in [9.17, 15) is 0 Å². The zero-order valence-electron chi connectivity index (χ0n) is 31.2. The Hall–Kier alpha value is -5.64. The van der Waals surface area contributed by atoms with Gasteiger partial charge < -0.3 is 9.80 Å². The lowest BCUT2D eigenvalue weighted by Gasteiger charge is -2.30. The van der Waals surface area contributed by atoms with Crippen LogP contribution in [0.25, 0.3) is 20.2 Å². The molecule has 0 amide bonds. The van der Waals surface area contributed by atoms with Crippen LogP contribution in [0.5, 0.6) is 0 Å². The van der Waals surface area contributed by atoms with Crippen molar-refractivity contribution in [1.82, 2.24) is 0 Å². The molecule has 1 aromatic heterocycles. The number of hydrogen-bond acceptors (Lipinski definition) is 3. The summed E-state index contributed by atoms with van der Waals surface area (Å²) >= 11 is 1.88. The third-order valence-corrected chi connectivity index (χ3v) is 12.7. The monoisotopic (exact) mass is 718 g/mol. The first-order chi connectivity index (χ1) is 26.5. The van der Waals surface area contributed by atoms with E-state index >= 15 is 0 Å². The molecule has 1 aliphatic rings. The van der Waals surface area contributed by atoms with E-state index in [-0.39, 0.29) is 5.41 Å². The van der Waals surface area contributed by atoms with Crippen LogP contribution in [0.15, 0.2) is 176 Å². The minimum absolute atomic E-state index is 0.197. The smallest absolute Gasteiger partial charge is 0.0554 e. The van der Waals surface area contributed by atoms with Crippen LogP contribution >= 0.6 is 11.3 Å². The van der Waals surface area contributed by atoms with Crippen molar-refractivity contribution in [3.05, 3.63) is 193 Å². The van der Waals surface area contributed by atoms with Crippen molar-refractivity contribution < 1.29 is 0 Å². The second-order valence-electron chi connectivity index (χ2n) is 15.2. The van der Waals surface area contributed by atoms with Crippen molar-refractivity contribution in [2.24, 2.45) is 0 Å². The highest BCUT2D eigenvalue weighted by Crippen LogP contribution is 2.46. The molecule has 266 valence electrons. The number of rotatable bonds is 9. The number of para-hydroxylation sites is 2. The molecule has 7 aromatic carbocycles. The molecule has 0 unspecified atom stereocenters. The lowest BCUT2D eigenvalue weighted by molar-refractivity contribution is 0.443. The quantitative estimate of drug-likeness (QED) is 0.147. The van der Waals surface area contributed by atoms with Gasteiger partial charge in [-0.1, -0.05) is 130 Å². The van der Waals surface area contributed by atoms with Crippen LogP contribution in [0.3, 0.4) is 0 Å². The predicted octanol–water partition coefficient (Wildman–Crippen LogP) is 15.4. The largest absolute Gasteiger partial charge is 0.311 e. The Kier molecular flexibility index (Phi) is 9.26. The lowest BCUT2D eigenvalue weighted by atomic mass is 9.78. The first-order valence-electron chi connectivity index (χ1n) is 19.5. The van der Waals surface area contributed by atoms with Crippen LogP contribution in [0.4, 0.5) is 34.1 Å². The van der Waals surface area contributed by atoms with E-state index in [1.165, 1.54) is 86.0 Å². The zero-order chi connectivity index (χ0) is 36.5. The third-order valence-electron chi connectivity index (χ3n) is 11.6. The summed E-state index contributed by atoms with van der Waals surface area (Å²) in [6.45, 7) is 4.67. The SMILES string of the molecule is CC(C)(c1ccc(N(c2ccccc2)c2ccccc2)cc1)c1ccc(N(c2ccc(C3CCCCC3)cc2)c2cccc3sc4ccccc4c23)cc1. The molecule has 54 heavy (non-hydrogen) atoms. The van der Waals surface area contributed by atoms with Crippen LogP contribution < -0.4 is 9.80 Å². The predicted molar refractivity (Wildman–Crippen MR) is 233 cm³/mol. The maximum absolute atomic E-state index is 2.47. The van der Waals surface area contributed by atoms with Gasteiger partial charge >= 0.3 is 0 Å². The van der Waals surface area contributed by atoms with E-state index in [1.54, 1.807) is 0 Å². The molecule has 9 rings (SSSR count). The number of anilines is 6. The van der Waals surface area contributed by atoms with E-state index in [2.05, 4.69) is 200 Å². The molecule has 0 aliphatic heterocycles. The van der Waals surface area contributed by atoms with Gasteiger partial charge in [0.1, 0.15) is 0 Å². The Morgan fingerprint density at radius 2 is 0.926 bits per heavy atom. The fraction of sp³-hybridized carbons (Fsp3) is 0.176. The third kappa shape index (κ3) is 6.48. The zero-order valence-corrected chi connectivity index (χ0v) is 32.0. The van der Waals surface area contributed by atoms with Gasteiger partial charge in [0, 0.05) is 54.0 Å². The summed E-state index contributed by atoms with van der Waals surface area (Å²) < 4.78 is 2.64. The van der Waals surface area contributed by atoms with Crippen molar-refractivity contribution >= 4 is 65.6 Å². The van der Waals surface area contributed by atoms with Gasteiger partial charge in [0.15, 0.2) is 0 Å². The van der Waals surface area contributed by atoms with Crippen LogP contribution in [0, 0.1) is 0 Å². The fourth-order valence-corrected chi connectivity index (χ4v) is 9.65. The van der Waals surface area contributed by atoms with Crippen LogP contribution in [-0.4, -0.2) is 0 Å². The number of benzene rings is 7. The molecule has 1 saturated carbocycles. The highest BCUT2D eigenvalue weighted by atomic mass is 32.1. The standard InChI is InChI=1S/C51H46N2S/c1-51(2,39-27-33-43(34-28-39)52(41-17-8-4-9-18-41)42-19-10-5-11-20-42)40-29-35-45(36-30-40)53(44-31-25-38(26-32-44)37-15-6-3-7-16-37)47-22-14-24-49-50(47)46-21-12-13-23-48(46)54-49/h4-5,8-14,17-37H,3,6-7,15-16H2,1-2H3. The number of thiophene rings is 1. The maximum atomic E-state index is 2.47. The van der Waals surface area contributed by atoms with E-state index in [1.807, 2.05) is 11.3 Å². The summed E-state index contributed by atoms with van der Waals surface area (Å²) in [5, 5.41) is 2.63. The van der Waals surface area contributed by atoms with Crippen molar-refractivity contribution in [2.75, 3.05) is 9.80 Å². The van der Waals surface area contributed by atoms with E-state index in [4.69, 9.17) is 0 Å². The normalized spacial score (nSPS) is 13.7. The molecule has 2 nitrogen and oxygen atoms in total. The Morgan fingerprint density at radius 3 is 1.52 bits per heavy atom. The number of hydrogen-bond donors (Lipinski definition) is 0. The summed E-state index contributed by atoms with van der Waals surface area (Å²) in [5.41, 5.74) is 10.9. The molecule has 0 bridgehead atoms. The molecule has 0 radical (unpaired) electrons. The van der Waals surface area contributed by atoms with E-state index in [0.717, 1.165) is 17.1 Å². The Morgan fingerprint density at radius 1 is 0.444 bits per heavy atom. The summed E-state index contributed by atoms with van der Waals surface area (Å²) in [6.07, 6.45) is 6.68. The van der Waals surface area contributed by atoms with Crippen LogP contribution in [0.1, 0.15) is 68.6 Å². The molecule has 1 aliphatic carbocycles. The van der Waals surface area contributed by atoms with Gasteiger partial charge in [-0.3, -0.25) is 0 Å². The van der Waals surface area contributed by atoms with Crippen molar-refractivity contribution in [2.45, 2.75) is 57.3 Å². The molecule has 0 saturated heterocycles. The summed E-state index contributed by atoms with van der Waals surface area (Å²) in [4.78, 5) is 4.79. The van der Waals surface area contributed by atoms with Gasteiger partial charge in [0.2, 0.25) is 0 Å². The van der Waals surface area contributed by atoms with E-state index < -0.39 is 0 Å². The molecule has 0 spiro atoms. The first kappa shape index (κ1) is 34.1. The Labute approximate surface area is 324 Å². The fourth-order valence-electron chi connectivity index (χ4n) is 8.52. The highest BCUT2D eigenvalue weighted by molar-refractivity contribution is 7.26. The summed E-state index contributed by atoms with van der Waals surface area (Å²) in [7, 11) is 0. The number of nitrogens with zero attached hydrogens (tertiary/aromatic N) is 2. The maximum Gasteiger partial charge on any atom is 0.0554 e. The van der Waals surface area contributed by atoms with Crippen molar-refractivity contribution in [3.8, 4) is 0 Å². The van der Waals surface area contributed by atoms with Gasteiger partial charge in [-0.2, -0.15) is 0 Å². The minimum Gasteiger partial charge on any atom is -0.311 e. The molecule has 1 heterocycles.